The van der Waals surface area contributed by atoms with Crippen molar-refractivity contribution in [1.82, 2.24) is 24.7 Å². The normalized spacial score (nSPS) is 18.2. The van der Waals surface area contributed by atoms with Crippen LogP contribution in [0, 0.1) is 13.8 Å². The van der Waals surface area contributed by atoms with Gasteiger partial charge in [-0.25, -0.2) is 19.6 Å². The number of nitrogens with two attached hydrogens (primary N) is 1. The monoisotopic (exact) mass is 443 g/mol. The van der Waals surface area contributed by atoms with Crippen molar-refractivity contribution in [3.8, 4) is 16.8 Å². The maximum absolute atomic E-state index is 9.92. The summed E-state index contributed by atoms with van der Waals surface area (Å²) in [4.78, 5) is 14.2. The Labute approximate surface area is 192 Å². The summed E-state index contributed by atoms with van der Waals surface area (Å²) in [6, 6.07) is 6.47. The average Bonchev–Trinajstić information content (AvgIpc) is 3.45. The van der Waals surface area contributed by atoms with E-state index < -0.39 is 0 Å². The molecule has 33 heavy (non-hydrogen) atoms. The van der Waals surface area contributed by atoms with Crippen molar-refractivity contribution < 1.29 is 5.11 Å². The summed E-state index contributed by atoms with van der Waals surface area (Å²) in [5, 5.41) is 18.0. The van der Waals surface area contributed by atoms with Crippen molar-refractivity contribution in [1.29, 1.82) is 0 Å². The lowest BCUT2D eigenvalue weighted by Gasteiger charge is -2.17. The number of pyridine rings is 1. The molecule has 3 aromatic heterocycles. The van der Waals surface area contributed by atoms with E-state index in [0.717, 1.165) is 54.0 Å². The molecule has 1 fully saturated rings. The van der Waals surface area contributed by atoms with E-state index in [1.54, 1.807) is 6.20 Å². The Morgan fingerprint density at radius 2 is 1.97 bits per heavy atom. The number of aliphatic hydroxyl groups excluding tert-OH is 1. The third kappa shape index (κ3) is 4.02. The van der Waals surface area contributed by atoms with Crippen LogP contribution in [0.25, 0.3) is 27.8 Å². The quantitative estimate of drug-likeness (QED) is 0.428. The summed E-state index contributed by atoms with van der Waals surface area (Å²) in [6.45, 7) is 6.24. The Bertz CT molecular complexity index is 1330. The molecule has 0 spiro atoms. The number of nitrogen functional groups attached to an aromatic ring is 1. The van der Waals surface area contributed by atoms with E-state index in [1.165, 1.54) is 11.1 Å². The zero-order valence-corrected chi connectivity index (χ0v) is 19.2. The maximum atomic E-state index is 9.92. The van der Waals surface area contributed by atoms with Gasteiger partial charge < -0.3 is 16.2 Å². The van der Waals surface area contributed by atoms with Gasteiger partial charge in [-0.15, -0.1) is 0 Å². The predicted molar refractivity (Wildman–Crippen MR) is 130 cm³/mol. The third-order valence-corrected chi connectivity index (χ3v) is 6.53. The Balaban J connectivity index is 1.58. The Kier molecular flexibility index (Phi) is 5.46. The summed E-state index contributed by atoms with van der Waals surface area (Å²) >= 11 is 0. The number of aryl methyl sites for hydroxylation is 3. The lowest BCUT2D eigenvalue weighted by Crippen LogP contribution is -2.19. The lowest BCUT2D eigenvalue weighted by atomic mass is 10.1. The summed E-state index contributed by atoms with van der Waals surface area (Å²) in [5.41, 5.74) is 13.5. The molecule has 8 heteroatoms. The Morgan fingerprint density at radius 3 is 2.70 bits per heavy atom. The molecular formula is C25H29N7O. The Morgan fingerprint density at radius 1 is 1.12 bits per heavy atom. The van der Waals surface area contributed by atoms with Gasteiger partial charge >= 0.3 is 0 Å². The second-order valence-electron chi connectivity index (χ2n) is 8.88. The molecule has 1 aromatic carbocycles. The van der Waals surface area contributed by atoms with Crippen molar-refractivity contribution in [3.05, 3.63) is 53.6 Å². The molecule has 1 saturated carbocycles. The molecule has 1 aliphatic carbocycles. The molecule has 5 rings (SSSR count). The fourth-order valence-electron chi connectivity index (χ4n) is 4.42. The van der Waals surface area contributed by atoms with Crippen LogP contribution in [0.4, 0.5) is 11.6 Å². The molecule has 0 amide bonds. The number of hydrogen-bond donors (Lipinski definition) is 3. The molecule has 0 saturated heterocycles. The number of hydrogen-bond acceptors (Lipinski definition) is 7. The number of nitrogens with one attached hydrogen (secondary N) is 1. The average molecular weight is 444 g/mol. The number of rotatable bonds is 5. The van der Waals surface area contributed by atoms with Gasteiger partial charge in [0.1, 0.15) is 16.9 Å². The molecule has 170 valence electrons. The molecule has 0 bridgehead atoms. The third-order valence-electron chi connectivity index (χ3n) is 6.53. The van der Waals surface area contributed by atoms with Crippen LogP contribution in [-0.2, 0) is 6.42 Å². The first-order valence-electron chi connectivity index (χ1n) is 11.4. The van der Waals surface area contributed by atoms with Crippen LogP contribution >= 0.6 is 0 Å². The van der Waals surface area contributed by atoms with Crippen molar-refractivity contribution in [2.24, 2.45) is 0 Å². The molecular weight excluding hydrogens is 414 g/mol. The van der Waals surface area contributed by atoms with Gasteiger partial charge in [-0.1, -0.05) is 13.0 Å². The second kappa shape index (κ2) is 8.44. The topological polar surface area (TPSA) is 115 Å². The minimum absolute atomic E-state index is 0.187. The number of anilines is 2. The van der Waals surface area contributed by atoms with Gasteiger partial charge in [0.2, 0.25) is 0 Å². The standard InChI is InChI=1S/C25H29N7O/c1-4-21-25(29-17-6-8-19(33)10-17)31-22-20(12-27-24(26)23(22)30-21)16-11-28-32(13-16)18-7-5-14(2)15(3)9-18/h5,7,9,11-13,17,19,33H,4,6,8,10H2,1-3H3,(H2,26,27)(H,29,31). The van der Waals surface area contributed by atoms with Gasteiger partial charge in [-0.2, -0.15) is 5.10 Å². The van der Waals surface area contributed by atoms with Crippen LogP contribution < -0.4 is 11.1 Å². The van der Waals surface area contributed by atoms with E-state index in [9.17, 15) is 5.11 Å². The predicted octanol–water partition coefficient (Wildman–Crippen LogP) is 3.96. The molecule has 0 radical (unpaired) electrons. The first kappa shape index (κ1) is 21.3. The van der Waals surface area contributed by atoms with Gasteiger partial charge in [-0.05, 0) is 62.8 Å². The van der Waals surface area contributed by atoms with Crippen molar-refractivity contribution in [3.63, 3.8) is 0 Å². The van der Waals surface area contributed by atoms with Gasteiger partial charge in [-0.3, -0.25) is 0 Å². The molecule has 2 unspecified atom stereocenters. The number of aromatic nitrogens is 5. The molecule has 3 heterocycles. The zero-order chi connectivity index (χ0) is 23.1. The van der Waals surface area contributed by atoms with E-state index in [2.05, 4.69) is 47.4 Å². The van der Waals surface area contributed by atoms with Crippen LogP contribution in [0.15, 0.2) is 36.8 Å². The zero-order valence-electron chi connectivity index (χ0n) is 19.2. The summed E-state index contributed by atoms with van der Waals surface area (Å²) in [7, 11) is 0. The minimum Gasteiger partial charge on any atom is -0.393 e. The van der Waals surface area contributed by atoms with Crippen LogP contribution in [0.3, 0.4) is 0 Å². The van der Waals surface area contributed by atoms with Crippen LogP contribution in [0.1, 0.15) is 43.0 Å². The highest BCUT2D eigenvalue weighted by Gasteiger charge is 2.24. The van der Waals surface area contributed by atoms with E-state index in [0.29, 0.717) is 16.9 Å². The smallest absolute Gasteiger partial charge is 0.151 e. The molecule has 4 aromatic rings. The number of aliphatic hydroxyl groups is 1. The first-order valence-corrected chi connectivity index (χ1v) is 11.4. The van der Waals surface area contributed by atoms with Gasteiger partial charge in [0.05, 0.1) is 23.7 Å². The van der Waals surface area contributed by atoms with Gasteiger partial charge in [0.25, 0.3) is 0 Å². The fourth-order valence-corrected chi connectivity index (χ4v) is 4.42. The molecule has 4 N–H and O–H groups in total. The van der Waals surface area contributed by atoms with E-state index in [4.69, 9.17) is 15.7 Å². The van der Waals surface area contributed by atoms with Crippen molar-refractivity contribution in [2.45, 2.75) is 58.6 Å². The van der Waals surface area contributed by atoms with E-state index in [-0.39, 0.29) is 12.1 Å². The Hall–Kier alpha value is -3.52. The summed E-state index contributed by atoms with van der Waals surface area (Å²) in [6.07, 6.45) is 8.43. The minimum atomic E-state index is -0.257. The van der Waals surface area contributed by atoms with Gasteiger partial charge in [0, 0.05) is 29.6 Å². The SMILES string of the molecule is CCc1nc2c(N)ncc(-c3cnn(-c4ccc(C)c(C)c4)c3)c2nc1NC1CCC(O)C1. The van der Waals surface area contributed by atoms with Crippen LogP contribution in [0.2, 0.25) is 0 Å². The first-order chi connectivity index (χ1) is 15.9. The highest BCUT2D eigenvalue weighted by molar-refractivity contribution is 5.96. The summed E-state index contributed by atoms with van der Waals surface area (Å²) in [5.74, 6) is 1.11. The van der Waals surface area contributed by atoms with Crippen molar-refractivity contribution in [2.75, 3.05) is 11.1 Å². The fraction of sp³-hybridized carbons (Fsp3) is 0.360. The highest BCUT2D eigenvalue weighted by atomic mass is 16.3. The maximum Gasteiger partial charge on any atom is 0.151 e. The molecule has 8 nitrogen and oxygen atoms in total. The van der Waals surface area contributed by atoms with Crippen LogP contribution in [-0.4, -0.2) is 42.0 Å². The van der Waals surface area contributed by atoms with Gasteiger partial charge in [0.15, 0.2) is 5.82 Å². The molecule has 1 aliphatic rings. The molecule has 2 atom stereocenters. The highest BCUT2D eigenvalue weighted by Crippen LogP contribution is 2.32. The lowest BCUT2D eigenvalue weighted by molar-refractivity contribution is 0.182. The van der Waals surface area contributed by atoms with Crippen molar-refractivity contribution >= 4 is 22.7 Å². The van der Waals surface area contributed by atoms with E-state index in [1.807, 2.05) is 24.0 Å². The number of benzene rings is 1. The van der Waals surface area contributed by atoms with E-state index >= 15 is 0 Å². The number of nitrogens with zero attached hydrogens (tertiary/aromatic N) is 5. The second-order valence-corrected chi connectivity index (χ2v) is 8.88. The number of fused-ring (bicyclic) bond motifs is 1. The largest absolute Gasteiger partial charge is 0.393 e. The summed E-state index contributed by atoms with van der Waals surface area (Å²) < 4.78 is 1.86. The molecule has 0 aliphatic heterocycles. The van der Waals surface area contributed by atoms with Crippen LogP contribution in [0.5, 0.6) is 0 Å².